The fourth-order valence-corrected chi connectivity index (χ4v) is 3.69. The van der Waals surface area contributed by atoms with Crippen LogP contribution in [0.4, 0.5) is 0 Å². The van der Waals surface area contributed by atoms with Crippen molar-refractivity contribution < 1.29 is 4.79 Å². The lowest BCUT2D eigenvalue weighted by Crippen LogP contribution is -2.29. The number of carbonyl (C=O) groups excluding carboxylic acids is 1. The molecule has 118 valence electrons. The van der Waals surface area contributed by atoms with Crippen LogP contribution in [0.15, 0.2) is 42.5 Å². The van der Waals surface area contributed by atoms with Gasteiger partial charge in [-0.25, -0.2) is 0 Å². The Morgan fingerprint density at radius 2 is 1.78 bits per heavy atom. The predicted molar refractivity (Wildman–Crippen MR) is 92.2 cm³/mol. The molecular formula is C20H22N2O. The molecule has 2 aliphatic rings. The van der Waals surface area contributed by atoms with E-state index < -0.39 is 0 Å². The van der Waals surface area contributed by atoms with Crippen LogP contribution in [-0.2, 0) is 17.8 Å². The molecule has 4 rings (SSSR count). The molecule has 1 amide bonds. The molecule has 1 saturated heterocycles. The van der Waals surface area contributed by atoms with Gasteiger partial charge in [0, 0.05) is 39.6 Å². The molecule has 0 spiro atoms. The molecule has 3 nitrogen and oxygen atoms in total. The molecule has 23 heavy (non-hydrogen) atoms. The molecule has 3 heteroatoms. The zero-order valence-electron chi connectivity index (χ0n) is 13.6. The van der Waals surface area contributed by atoms with Crippen molar-refractivity contribution in [2.24, 2.45) is 0 Å². The summed E-state index contributed by atoms with van der Waals surface area (Å²) in [7, 11) is 1.90. The summed E-state index contributed by atoms with van der Waals surface area (Å²) < 4.78 is 0. The maximum atomic E-state index is 11.8. The third-order valence-electron chi connectivity index (χ3n) is 5.08. The van der Waals surface area contributed by atoms with Gasteiger partial charge in [0.1, 0.15) is 0 Å². The number of fused-ring (bicyclic) bond motifs is 3. The summed E-state index contributed by atoms with van der Waals surface area (Å²) in [5.41, 5.74) is 6.99. The molecule has 0 atom stereocenters. The van der Waals surface area contributed by atoms with Crippen molar-refractivity contribution in [3.63, 3.8) is 0 Å². The van der Waals surface area contributed by atoms with Gasteiger partial charge < -0.3 is 4.90 Å². The quantitative estimate of drug-likeness (QED) is 0.727. The SMILES string of the molecule is CN1CCN(Cc2ccc3c(c2)Cc2ccccc2-3)CCC1=O. The lowest BCUT2D eigenvalue weighted by molar-refractivity contribution is -0.129. The first-order valence-electron chi connectivity index (χ1n) is 8.37. The van der Waals surface area contributed by atoms with E-state index in [4.69, 9.17) is 0 Å². The molecule has 1 aliphatic carbocycles. The highest BCUT2D eigenvalue weighted by Gasteiger charge is 2.20. The van der Waals surface area contributed by atoms with Crippen molar-refractivity contribution in [2.45, 2.75) is 19.4 Å². The Morgan fingerprint density at radius 1 is 0.957 bits per heavy atom. The summed E-state index contributed by atoms with van der Waals surface area (Å²) in [5, 5.41) is 0. The minimum absolute atomic E-state index is 0.261. The van der Waals surface area contributed by atoms with Crippen molar-refractivity contribution in [2.75, 3.05) is 26.7 Å². The molecule has 0 aromatic heterocycles. The van der Waals surface area contributed by atoms with E-state index in [1.165, 1.54) is 27.8 Å². The Bertz CT molecular complexity index is 753. The van der Waals surface area contributed by atoms with Crippen LogP contribution < -0.4 is 0 Å². The zero-order valence-corrected chi connectivity index (χ0v) is 13.6. The number of rotatable bonds is 2. The van der Waals surface area contributed by atoms with Gasteiger partial charge >= 0.3 is 0 Å². The van der Waals surface area contributed by atoms with Crippen LogP contribution in [-0.4, -0.2) is 42.4 Å². The molecule has 2 aromatic rings. The second kappa shape index (κ2) is 5.82. The van der Waals surface area contributed by atoms with Gasteiger partial charge in [-0.3, -0.25) is 9.69 Å². The van der Waals surface area contributed by atoms with Gasteiger partial charge in [-0.2, -0.15) is 0 Å². The predicted octanol–water partition coefficient (Wildman–Crippen LogP) is 2.92. The number of hydrogen-bond donors (Lipinski definition) is 0. The van der Waals surface area contributed by atoms with E-state index in [-0.39, 0.29) is 5.91 Å². The highest BCUT2D eigenvalue weighted by molar-refractivity contribution is 5.77. The van der Waals surface area contributed by atoms with E-state index in [1.807, 2.05) is 11.9 Å². The topological polar surface area (TPSA) is 23.6 Å². The van der Waals surface area contributed by atoms with Crippen LogP contribution in [0.3, 0.4) is 0 Å². The molecular weight excluding hydrogens is 284 g/mol. The zero-order chi connectivity index (χ0) is 15.8. The van der Waals surface area contributed by atoms with Crippen LogP contribution in [0.2, 0.25) is 0 Å². The Labute approximate surface area is 137 Å². The van der Waals surface area contributed by atoms with Crippen LogP contribution in [0.5, 0.6) is 0 Å². The smallest absolute Gasteiger partial charge is 0.223 e. The summed E-state index contributed by atoms with van der Waals surface area (Å²) in [6.07, 6.45) is 1.67. The second-order valence-electron chi connectivity index (χ2n) is 6.67. The largest absolute Gasteiger partial charge is 0.344 e. The van der Waals surface area contributed by atoms with E-state index in [0.29, 0.717) is 6.42 Å². The van der Waals surface area contributed by atoms with Gasteiger partial charge in [0.25, 0.3) is 0 Å². The van der Waals surface area contributed by atoms with E-state index >= 15 is 0 Å². The normalized spacial score (nSPS) is 17.8. The first-order chi connectivity index (χ1) is 11.2. The Hall–Kier alpha value is -2.13. The molecule has 0 N–H and O–H groups in total. The summed E-state index contributed by atoms with van der Waals surface area (Å²) >= 11 is 0. The molecule has 0 bridgehead atoms. The minimum Gasteiger partial charge on any atom is -0.344 e. The fourth-order valence-electron chi connectivity index (χ4n) is 3.69. The van der Waals surface area contributed by atoms with Crippen molar-refractivity contribution >= 4 is 5.91 Å². The first-order valence-corrected chi connectivity index (χ1v) is 8.37. The molecule has 2 aromatic carbocycles. The van der Waals surface area contributed by atoms with E-state index in [0.717, 1.165) is 32.6 Å². The van der Waals surface area contributed by atoms with Gasteiger partial charge in [-0.1, -0.05) is 42.5 Å². The third-order valence-corrected chi connectivity index (χ3v) is 5.08. The maximum Gasteiger partial charge on any atom is 0.223 e. The molecule has 1 fully saturated rings. The Kier molecular flexibility index (Phi) is 3.66. The molecule has 0 saturated carbocycles. The number of amides is 1. The molecule has 1 heterocycles. The van der Waals surface area contributed by atoms with Crippen LogP contribution in [0.25, 0.3) is 11.1 Å². The summed E-state index contributed by atoms with van der Waals surface area (Å²) in [6, 6.07) is 15.6. The Balaban J connectivity index is 1.51. The summed E-state index contributed by atoms with van der Waals surface area (Å²) in [4.78, 5) is 16.0. The van der Waals surface area contributed by atoms with Crippen LogP contribution >= 0.6 is 0 Å². The van der Waals surface area contributed by atoms with Gasteiger partial charge in [0.05, 0.1) is 0 Å². The molecule has 1 aliphatic heterocycles. The van der Waals surface area contributed by atoms with Crippen molar-refractivity contribution in [3.8, 4) is 11.1 Å². The maximum absolute atomic E-state index is 11.8. The number of hydrogen-bond acceptors (Lipinski definition) is 2. The Morgan fingerprint density at radius 3 is 2.70 bits per heavy atom. The lowest BCUT2D eigenvalue weighted by Gasteiger charge is -2.20. The third kappa shape index (κ3) is 2.77. The van der Waals surface area contributed by atoms with Crippen molar-refractivity contribution in [1.29, 1.82) is 0 Å². The van der Waals surface area contributed by atoms with E-state index in [1.54, 1.807) is 0 Å². The second-order valence-corrected chi connectivity index (χ2v) is 6.67. The average Bonchev–Trinajstić information content (AvgIpc) is 2.86. The number of likely N-dealkylation sites (N-methyl/N-ethyl adjacent to an activating group) is 1. The number of benzene rings is 2. The molecule has 0 radical (unpaired) electrons. The standard InChI is InChI=1S/C20H22N2O/c1-21-10-11-22(9-8-20(21)23)14-15-6-7-19-17(12-15)13-16-4-2-3-5-18(16)19/h2-7,12H,8-11,13-14H2,1H3. The van der Waals surface area contributed by atoms with Crippen LogP contribution in [0.1, 0.15) is 23.1 Å². The average molecular weight is 306 g/mol. The van der Waals surface area contributed by atoms with Gasteiger partial charge in [0.2, 0.25) is 5.91 Å². The van der Waals surface area contributed by atoms with E-state index in [2.05, 4.69) is 47.4 Å². The monoisotopic (exact) mass is 306 g/mol. The minimum atomic E-state index is 0.261. The van der Waals surface area contributed by atoms with E-state index in [9.17, 15) is 4.79 Å². The van der Waals surface area contributed by atoms with Crippen molar-refractivity contribution in [3.05, 3.63) is 59.2 Å². The van der Waals surface area contributed by atoms with Gasteiger partial charge in [-0.15, -0.1) is 0 Å². The first kappa shape index (κ1) is 14.5. The van der Waals surface area contributed by atoms with Gasteiger partial charge in [0.15, 0.2) is 0 Å². The molecule has 0 unspecified atom stereocenters. The lowest BCUT2D eigenvalue weighted by atomic mass is 10.0. The summed E-state index contributed by atoms with van der Waals surface area (Å²) in [6.45, 7) is 3.58. The van der Waals surface area contributed by atoms with Crippen LogP contribution in [0, 0.1) is 0 Å². The summed E-state index contributed by atoms with van der Waals surface area (Å²) in [5.74, 6) is 0.261. The fraction of sp³-hybridized carbons (Fsp3) is 0.350. The van der Waals surface area contributed by atoms with Crippen molar-refractivity contribution in [1.82, 2.24) is 9.80 Å². The highest BCUT2D eigenvalue weighted by atomic mass is 16.2. The number of carbonyl (C=O) groups is 1. The van der Waals surface area contributed by atoms with Gasteiger partial charge in [-0.05, 0) is 34.2 Å². The number of nitrogens with zero attached hydrogens (tertiary/aromatic N) is 2. The highest BCUT2D eigenvalue weighted by Crippen LogP contribution is 2.36.